The van der Waals surface area contributed by atoms with Gasteiger partial charge in [-0.15, -0.1) is 11.3 Å². The highest BCUT2D eigenvalue weighted by Gasteiger charge is 2.40. The molecule has 1 saturated carbocycles. The van der Waals surface area contributed by atoms with E-state index in [-0.39, 0.29) is 0 Å². The highest BCUT2D eigenvalue weighted by molar-refractivity contribution is 9.10. The van der Waals surface area contributed by atoms with E-state index in [9.17, 15) is 0 Å². The maximum Gasteiger partial charge on any atom is 0.0285 e. The van der Waals surface area contributed by atoms with Gasteiger partial charge in [-0.3, -0.25) is 0 Å². The van der Waals surface area contributed by atoms with E-state index in [2.05, 4.69) is 32.7 Å². The fourth-order valence-electron chi connectivity index (χ4n) is 1.68. The average molecular weight is 289 g/mol. The molecule has 1 heterocycles. The molecule has 3 N–H and O–H groups in total. The fraction of sp³-hybridized carbons (Fsp3) is 0.636. The van der Waals surface area contributed by atoms with Crippen molar-refractivity contribution in [3.05, 3.63) is 20.8 Å². The van der Waals surface area contributed by atoms with Crippen LogP contribution in [-0.2, 0) is 6.42 Å². The predicted molar refractivity (Wildman–Crippen MR) is 69.3 cm³/mol. The van der Waals surface area contributed by atoms with E-state index in [4.69, 9.17) is 5.73 Å². The topological polar surface area (TPSA) is 38.0 Å². The van der Waals surface area contributed by atoms with Gasteiger partial charge in [0.15, 0.2) is 0 Å². The molecule has 2 rings (SSSR count). The first-order valence-corrected chi connectivity index (χ1v) is 7.05. The minimum absolute atomic E-state index is 0.454. The van der Waals surface area contributed by atoms with Crippen LogP contribution in [0.25, 0.3) is 0 Å². The molecule has 0 bridgehead atoms. The molecular weight excluding hydrogens is 272 g/mol. The maximum atomic E-state index is 5.72. The third kappa shape index (κ3) is 3.28. The quantitative estimate of drug-likeness (QED) is 0.789. The van der Waals surface area contributed by atoms with Crippen molar-refractivity contribution in [1.82, 2.24) is 5.32 Å². The summed E-state index contributed by atoms with van der Waals surface area (Å²) < 4.78 is 1.20. The van der Waals surface area contributed by atoms with Crippen LogP contribution in [0.1, 0.15) is 17.7 Å². The third-order valence-corrected chi connectivity index (χ3v) is 4.82. The Balaban J connectivity index is 1.63. The van der Waals surface area contributed by atoms with Gasteiger partial charge in [-0.25, -0.2) is 0 Å². The molecule has 0 saturated heterocycles. The van der Waals surface area contributed by atoms with Crippen LogP contribution in [0.4, 0.5) is 0 Å². The molecule has 0 amide bonds. The van der Waals surface area contributed by atoms with Crippen LogP contribution in [0.2, 0.25) is 0 Å². The summed E-state index contributed by atoms with van der Waals surface area (Å²) in [4.78, 5) is 1.44. The lowest BCUT2D eigenvalue weighted by Crippen LogP contribution is -2.30. The van der Waals surface area contributed by atoms with Crippen LogP contribution < -0.4 is 11.1 Å². The number of halogens is 1. The number of hydrogen-bond donors (Lipinski definition) is 2. The van der Waals surface area contributed by atoms with E-state index < -0.39 is 0 Å². The summed E-state index contributed by atoms with van der Waals surface area (Å²) in [6, 6.07) is 2.20. The zero-order valence-corrected chi connectivity index (χ0v) is 11.2. The molecule has 1 aromatic heterocycles. The number of nitrogens with one attached hydrogen (secondary N) is 1. The molecule has 1 aliphatic rings. The first-order chi connectivity index (χ1) is 7.24. The van der Waals surface area contributed by atoms with Crippen molar-refractivity contribution in [2.75, 3.05) is 19.6 Å². The van der Waals surface area contributed by atoms with E-state index in [0.29, 0.717) is 5.41 Å². The minimum Gasteiger partial charge on any atom is -0.330 e. The first-order valence-electron chi connectivity index (χ1n) is 5.38. The van der Waals surface area contributed by atoms with Crippen LogP contribution in [0.5, 0.6) is 0 Å². The van der Waals surface area contributed by atoms with Crippen molar-refractivity contribution in [3.63, 3.8) is 0 Å². The second-order valence-corrected chi connectivity index (χ2v) is 6.27. The molecular formula is C11H17BrN2S. The van der Waals surface area contributed by atoms with Gasteiger partial charge in [-0.1, -0.05) is 0 Å². The van der Waals surface area contributed by atoms with E-state index in [0.717, 1.165) is 26.1 Å². The molecule has 84 valence electrons. The molecule has 1 aliphatic carbocycles. The molecule has 15 heavy (non-hydrogen) atoms. The van der Waals surface area contributed by atoms with Crippen molar-refractivity contribution in [1.29, 1.82) is 0 Å². The fourth-order valence-corrected chi connectivity index (χ4v) is 3.14. The number of nitrogens with two attached hydrogens (primary N) is 1. The van der Waals surface area contributed by atoms with E-state index in [1.54, 1.807) is 0 Å². The average Bonchev–Trinajstić information content (AvgIpc) is 2.91. The Labute approximate surface area is 103 Å². The summed E-state index contributed by atoms with van der Waals surface area (Å²) in [7, 11) is 0. The molecule has 4 heteroatoms. The van der Waals surface area contributed by atoms with Gasteiger partial charge >= 0.3 is 0 Å². The lowest BCUT2D eigenvalue weighted by molar-refractivity contribution is 0.471. The summed E-state index contributed by atoms with van der Waals surface area (Å²) in [5, 5.41) is 5.64. The Morgan fingerprint density at radius 2 is 2.33 bits per heavy atom. The van der Waals surface area contributed by atoms with Gasteiger partial charge in [0.05, 0.1) is 0 Å². The summed E-state index contributed by atoms with van der Waals surface area (Å²) in [5.74, 6) is 0. The van der Waals surface area contributed by atoms with Crippen molar-refractivity contribution < 1.29 is 0 Å². The Hall–Kier alpha value is 0.1000. The monoisotopic (exact) mass is 288 g/mol. The molecule has 2 nitrogen and oxygen atoms in total. The second-order valence-electron chi connectivity index (χ2n) is 4.36. The highest BCUT2D eigenvalue weighted by atomic mass is 79.9. The SMILES string of the molecule is NCC1(CNCCc2cc(Br)cs2)CC1. The Bertz CT molecular complexity index is 320. The van der Waals surface area contributed by atoms with Crippen molar-refractivity contribution in [3.8, 4) is 0 Å². The van der Waals surface area contributed by atoms with Gasteiger partial charge in [0.25, 0.3) is 0 Å². The number of rotatable bonds is 6. The van der Waals surface area contributed by atoms with Gasteiger partial charge in [-0.2, -0.15) is 0 Å². The van der Waals surface area contributed by atoms with E-state index in [1.807, 2.05) is 11.3 Å². The standard InChI is InChI=1S/C11H17BrN2S/c12-9-5-10(15-6-9)1-4-14-8-11(7-13)2-3-11/h5-6,14H,1-4,7-8,13H2. The molecule has 0 unspecified atom stereocenters. The van der Waals surface area contributed by atoms with Crippen LogP contribution in [0, 0.1) is 5.41 Å². The molecule has 0 aromatic carbocycles. The molecule has 1 fully saturated rings. The van der Waals surface area contributed by atoms with Gasteiger partial charge in [0.1, 0.15) is 0 Å². The van der Waals surface area contributed by atoms with Crippen LogP contribution in [-0.4, -0.2) is 19.6 Å². The zero-order chi connectivity index (χ0) is 10.7. The van der Waals surface area contributed by atoms with E-state index >= 15 is 0 Å². The lowest BCUT2D eigenvalue weighted by Gasteiger charge is -2.12. The molecule has 1 aromatic rings. The number of thiophene rings is 1. The van der Waals surface area contributed by atoms with Crippen LogP contribution >= 0.6 is 27.3 Å². The second kappa shape index (κ2) is 4.95. The van der Waals surface area contributed by atoms with Gasteiger partial charge < -0.3 is 11.1 Å². The smallest absolute Gasteiger partial charge is 0.0285 e. The zero-order valence-electron chi connectivity index (χ0n) is 8.76. The summed E-state index contributed by atoms with van der Waals surface area (Å²) >= 11 is 5.28. The largest absolute Gasteiger partial charge is 0.330 e. The Kier molecular flexibility index (Phi) is 3.83. The normalized spacial score (nSPS) is 18.0. The van der Waals surface area contributed by atoms with Gasteiger partial charge in [0.2, 0.25) is 0 Å². The van der Waals surface area contributed by atoms with Crippen molar-refractivity contribution in [2.45, 2.75) is 19.3 Å². The summed E-state index contributed by atoms with van der Waals surface area (Å²) in [6.07, 6.45) is 3.74. The third-order valence-electron chi connectivity index (χ3n) is 3.06. The summed E-state index contributed by atoms with van der Waals surface area (Å²) in [5.41, 5.74) is 6.18. The van der Waals surface area contributed by atoms with Crippen molar-refractivity contribution in [2.24, 2.45) is 11.1 Å². The molecule has 0 spiro atoms. The molecule has 0 radical (unpaired) electrons. The Morgan fingerprint density at radius 1 is 1.53 bits per heavy atom. The van der Waals surface area contributed by atoms with Crippen LogP contribution in [0.3, 0.4) is 0 Å². The predicted octanol–water partition coefficient (Wildman–Crippen LogP) is 2.38. The van der Waals surface area contributed by atoms with Crippen molar-refractivity contribution >= 4 is 27.3 Å². The number of hydrogen-bond acceptors (Lipinski definition) is 3. The molecule has 0 atom stereocenters. The van der Waals surface area contributed by atoms with E-state index in [1.165, 1.54) is 22.2 Å². The summed E-state index contributed by atoms with van der Waals surface area (Å²) in [6.45, 7) is 3.00. The Morgan fingerprint density at radius 3 is 2.87 bits per heavy atom. The first kappa shape index (κ1) is 11.6. The molecule has 0 aliphatic heterocycles. The lowest BCUT2D eigenvalue weighted by atomic mass is 10.1. The van der Waals surface area contributed by atoms with Crippen LogP contribution in [0.15, 0.2) is 15.9 Å². The maximum absolute atomic E-state index is 5.72. The highest BCUT2D eigenvalue weighted by Crippen LogP contribution is 2.43. The minimum atomic E-state index is 0.454. The van der Waals surface area contributed by atoms with Gasteiger partial charge in [0, 0.05) is 21.3 Å². The van der Waals surface area contributed by atoms with Gasteiger partial charge in [-0.05, 0) is 59.8 Å².